The zero-order chi connectivity index (χ0) is 15.7. The minimum atomic E-state index is -3.40. The predicted octanol–water partition coefficient (Wildman–Crippen LogP) is 1.78. The number of aromatic nitrogens is 2. The molecule has 3 rings (SSSR count). The average Bonchev–Trinajstić information content (AvgIpc) is 3.18. The van der Waals surface area contributed by atoms with Gasteiger partial charge < -0.3 is 4.42 Å². The van der Waals surface area contributed by atoms with Crippen molar-refractivity contribution in [1.82, 2.24) is 18.8 Å². The lowest BCUT2D eigenvalue weighted by molar-refractivity contribution is 0.274. The highest BCUT2D eigenvalue weighted by atomic mass is 32.2. The summed E-state index contributed by atoms with van der Waals surface area (Å²) in [6, 6.07) is 3.85. The van der Waals surface area contributed by atoms with Crippen molar-refractivity contribution in [2.75, 3.05) is 27.2 Å². The predicted molar refractivity (Wildman–Crippen MR) is 83.8 cm³/mol. The maximum absolute atomic E-state index is 12.2. The Labute approximate surface area is 133 Å². The van der Waals surface area contributed by atoms with Crippen LogP contribution in [-0.2, 0) is 10.2 Å². The first-order valence-corrected chi connectivity index (χ1v) is 9.31. The third-order valence-corrected chi connectivity index (χ3v) is 6.46. The molecule has 1 aliphatic rings. The van der Waals surface area contributed by atoms with Crippen LogP contribution in [0.15, 0.2) is 21.9 Å². The zero-order valence-corrected chi connectivity index (χ0v) is 14.1. The molecule has 0 N–H and O–H groups in total. The molecule has 0 aliphatic carbocycles. The molecular formula is C13H18N4O3S2. The highest BCUT2D eigenvalue weighted by molar-refractivity contribution is 7.86. The van der Waals surface area contributed by atoms with Gasteiger partial charge in [-0.05, 0) is 24.3 Å². The van der Waals surface area contributed by atoms with E-state index < -0.39 is 10.2 Å². The molecule has 0 bridgehead atoms. The third kappa shape index (κ3) is 2.94. The Morgan fingerprint density at radius 3 is 2.91 bits per heavy atom. The molecule has 0 aromatic carbocycles. The largest absolute Gasteiger partial charge is 0.420 e. The number of nitrogens with zero attached hydrogens (tertiary/aromatic N) is 4. The summed E-state index contributed by atoms with van der Waals surface area (Å²) in [7, 11) is -0.314. The van der Waals surface area contributed by atoms with Gasteiger partial charge in [-0.1, -0.05) is 6.07 Å². The van der Waals surface area contributed by atoms with Crippen LogP contribution in [0.3, 0.4) is 0 Å². The van der Waals surface area contributed by atoms with Gasteiger partial charge in [-0.25, -0.2) is 0 Å². The molecular weight excluding hydrogens is 324 g/mol. The molecule has 1 aliphatic heterocycles. The highest BCUT2D eigenvalue weighted by Gasteiger charge is 2.33. The van der Waals surface area contributed by atoms with Crippen LogP contribution in [0.1, 0.15) is 24.7 Å². The van der Waals surface area contributed by atoms with E-state index in [1.165, 1.54) is 19.9 Å². The van der Waals surface area contributed by atoms with Crippen LogP contribution in [0.2, 0.25) is 0 Å². The fourth-order valence-electron chi connectivity index (χ4n) is 2.48. The third-order valence-electron chi connectivity index (χ3n) is 3.69. The topological polar surface area (TPSA) is 79.5 Å². The molecule has 1 fully saturated rings. The highest BCUT2D eigenvalue weighted by Crippen LogP contribution is 2.31. The molecule has 0 unspecified atom stereocenters. The second-order valence-electron chi connectivity index (χ2n) is 5.41. The minimum Gasteiger partial charge on any atom is -0.420 e. The SMILES string of the molecule is CN(C)S(=O)(=O)N1CCC[C@H](c2nnc(-c3cccs3)o2)C1. The second-order valence-corrected chi connectivity index (χ2v) is 8.50. The van der Waals surface area contributed by atoms with Crippen LogP contribution in [0.25, 0.3) is 10.8 Å². The van der Waals surface area contributed by atoms with Gasteiger partial charge in [0.1, 0.15) is 0 Å². The maximum atomic E-state index is 12.2. The molecule has 0 spiro atoms. The fraction of sp³-hybridized carbons (Fsp3) is 0.538. The van der Waals surface area contributed by atoms with Gasteiger partial charge in [-0.15, -0.1) is 21.5 Å². The van der Waals surface area contributed by atoms with Crippen molar-refractivity contribution in [2.45, 2.75) is 18.8 Å². The van der Waals surface area contributed by atoms with Crippen LogP contribution < -0.4 is 0 Å². The molecule has 1 atom stereocenters. The van der Waals surface area contributed by atoms with Gasteiger partial charge in [-0.3, -0.25) is 0 Å². The summed E-state index contributed by atoms with van der Waals surface area (Å²) in [4.78, 5) is 0.923. The normalized spacial score (nSPS) is 20.6. The van der Waals surface area contributed by atoms with E-state index in [1.54, 1.807) is 14.1 Å². The Morgan fingerprint density at radius 1 is 1.41 bits per heavy atom. The fourth-order valence-corrected chi connectivity index (χ4v) is 4.32. The van der Waals surface area contributed by atoms with Crippen molar-refractivity contribution in [3.8, 4) is 10.8 Å². The molecule has 0 amide bonds. The lowest BCUT2D eigenvalue weighted by Gasteiger charge is -2.31. The van der Waals surface area contributed by atoms with Crippen molar-refractivity contribution in [3.63, 3.8) is 0 Å². The number of rotatable bonds is 4. The van der Waals surface area contributed by atoms with Gasteiger partial charge in [0.15, 0.2) is 0 Å². The summed E-state index contributed by atoms with van der Waals surface area (Å²) in [6.07, 6.45) is 1.64. The molecule has 2 aromatic rings. The molecule has 1 saturated heterocycles. The van der Waals surface area contributed by atoms with E-state index in [2.05, 4.69) is 10.2 Å². The van der Waals surface area contributed by atoms with E-state index in [1.807, 2.05) is 17.5 Å². The summed E-state index contributed by atoms with van der Waals surface area (Å²) in [6.45, 7) is 0.912. The summed E-state index contributed by atoms with van der Waals surface area (Å²) in [5.41, 5.74) is 0. The van der Waals surface area contributed by atoms with Crippen LogP contribution in [0.5, 0.6) is 0 Å². The first kappa shape index (κ1) is 15.6. The van der Waals surface area contributed by atoms with Gasteiger partial charge in [0.2, 0.25) is 5.89 Å². The van der Waals surface area contributed by atoms with Crippen molar-refractivity contribution < 1.29 is 12.8 Å². The molecule has 120 valence electrons. The molecule has 2 aromatic heterocycles. The molecule has 9 heteroatoms. The number of piperidine rings is 1. The number of hydrogen-bond donors (Lipinski definition) is 0. The lowest BCUT2D eigenvalue weighted by Crippen LogP contribution is -2.44. The number of thiophene rings is 1. The van der Waals surface area contributed by atoms with Crippen molar-refractivity contribution in [3.05, 3.63) is 23.4 Å². The standard InChI is InChI=1S/C13H18N4O3S2/c1-16(2)22(18,19)17-7-3-5-10(9-17)12-14-15-13(20-12)11-6-4-8-21-11/h4,6,8,10H,3,5,7,9H2,1-2H3/t10-/m0/s1. The Bertz CT molecular complexity index is 724. The molecule has 3 heterocycles. The molecule has 0 radical (unpaired) electrons. The van der Waals surface area contributed by atoms with Crippen molar-refractivity contribution >= 4 is 21.5 Å². The molecule has 0 saturated carbocycles. The van der Waals surface area contributed by atoms with Crippen LogP contribution in [0, 0.1) is 0 Å². The van der Waals surface area contributed by atoms with E-state index in [0.29, 0.717) is 24.9 Å². The van der Waals surface area contributed by atoms with E-state index in [0.717, 1.165) is 17.7 Å². The van der Waals surface area contributed by atoms with E-state index in [9.17, 15) is 8.42 Å². The Morgan fingerprint density at radius 2 is 2.23 bits per heavy atom. The first-order chi connectivity index (χ1) is 10.5. The van der Waals surface area contributed by atoms with E-state index in [4.69, 9.17) is 4.42 Å². The minimum absolute atomic E-state index is 0.0512. The lowest BCUT2D eigenvalue weighted by atomic mass is 10.00. The maximum Gasteiger partial charge on any atom is 0.281 e. The van der Waals surface area contributed by atoms with Crippen LogP contribution >= 0.6 is 11.3 Å². The van der Waals surface area contributed by atoms with Gasteiger partial charge in [0.25, 0.3) is 16.1 Å². The number of hydrogen-bond acceptors (Lipinski definition) is 6. The smallest absolute Gasteiger partial charge is 0.281 e. The van der Waals surface area contributed by atoms with Gasteiger partial charge in [0.05, 0.1) is 10.8 Å². The van der Waals surface area contributed by atoms with Crippen LogP contribution in [-0.4, -0.2) is 54.4 Å². The quantitative estimate of drug-likeness (QED) is 0.846. The summed E-state index contributed by atoms with van der Waals surface area (Å²) < 4.78 is 32.9. The summed E-state index contributed by atoms with van der Waals surface area (Å²) in [5, 5.41) is 10.1. The van der Waals surface area contributed by atoms with Gasteiger partial charge in [-0.2, -0.15) is 17.0 Å². The van der Waals surface area contributed by atoms with Crippen LogP contribution in [0.4, 0.5) is 0 Å². The second kappa shape index (κ2) is 6.07. The Hall–Kier alpha value is -1.29. The zero-order valence-electron chi connectivity index (χ0n) is 12.5. The van der Waals surface area contributed by atoms with E-state index >= 15 is 0 Å². The monoisotopic (exact) mass is 342 g/mol. The molecule has 22 heavy (non-hydrogen) atoms. The van der Waals surface area contributed by atoms with E-state index in [-0.39, 0.29) is 5.92 Å². The summed E-state index contributed by atoms with van der Waals surface area (Å²) >= 11 is 1.54. The van der Waals surface area contributed by atoms with Crippen molar-refractivity contribution in [1.29, 1.82) is 0 Å². The Kier molecular flexibility index (Phi) is 4.31. The molecule has 7 nitrogen and oxygen atoms in total. The van der Waals surface area contributed by atoms with Gasteiger partial charge in [0, 0.05) is 27.2 Å². The Balaban J connectivity index is 1.78. The summed E-state index contributed by atoms with van der Waals surface area (Å²) in [5.74, 6) is 0.962. The first-order valence-electron chi connectivity index (χ1n) is 7.03. The average molecular weight is 342 g/mol. The van der Waals surface area contributed by atoms with Gasteiger partial charge >= 0.3 is 0 Å². The van der Waals surface area contributed by atoms with Crippen molar-refractivity contribution in [2.24, 2.45) is 0 Å².